The zero-order valence-electron chi connectivity index (χ0n) is 13.8. The average molecular weight is 320 g/mol. The molecule has 4 nitrogen and oxygen atoms in total. The second-order valence-electron chi connectivity index (χ2n) is 6.61. The molecule has 0 radical (unpaired) electrons. The van der Waals surface area contributed by atoms with Gasteiger partial charge in [0, 0.05) is 34.1 Å². The number of ketones is 1. The number of carbonyl (C=O) groups excluding carboxylic acids is 2. The third-order valence-corrected chi connectivity index (χ3v) is 4.06. The number of nitrogens with one attached hydrogen (secondary N) is 2. The van der Waals surface area contributed by atoms with Gasteiger partial charge in [0.25, 0.3) is 0 Å². The Morgan fingerprint density at radius 3 is 2.62 bits per heavy atom. The van der Waals surface area contributed by atoms with Crippen molar-refractivity contribution in [2.24, 2.45) is 0 Å². The summed E-state index contributed by atoms with van der Waals surface area (Å²) in [6, 6.07) is 15.0. The zero-order chi connectivity index (χ0) is 17.2. The molecule has 24 heavy (non-hydrogen) atoms. The number of carbonyl (C=O) groups is 2. The summed E-state index contributed by atoms with van der Waals surface area (Å²) in [6.45, 7) is 4.19. The van der Waals surface area contributed by atoms with Crippen molar-refractivity contribution in [1.29, 1.82) is 0 Å². The van der Waals surface area contributed by atoms with Gasteiger partial charge in [0.15, 0.2) is 5.78 Å². The number of allylic oxidation sites excluding steroid dienone is 1. The largest absolute Gasteiger partial charge is 0.379 e. The third kappa shape index (κ3) is 3.38. The number of hydrogen-bond donors (Lipinski definition) is 2. The first-order valence-electron chi connectivity index (χ1n) is 7.91. The first kappa shape index (κ1) is 16.0. The fourth-order valence-electron chi connectivity index (χ4n) is 3.04. The van der Waals surface area contributed by atoms with Crippen LogP contribution in [0.25, 0.3) is 5.70 Å². The van der Waals surface area contributed by atoms with Gasteiger partial charge >= 0.3 is 0 Å². The molecule has 0 aromatic heterocycles. The van der Waals surface area contributed by atoms with Crippen molar-refractivity contribution in [3.8, 4) is 0 Å². The molecule has 122 valence electrons. The van der Waals surface area contributed by atoms with Crippen LogP contribution >= 0.6 is 0 Å². The lowest BCUT2D eigenvalue weighted by Gasteiger charge is -2.35. The van der Waals surface area contributed by atoms with E-state index in [4.69, 9.17) is 0 Å². The number of anilines is 1. The summed E-state index contributed by atoms with van der Waals surface area (Å²) in [6.07, 6.45) is 3.14. The highest BCUT2D eigenvalue weighted by Crippen LogP contribution is 2.31. The molecule has 0 aliphatic carbocycles. The van der Waals surface area contributed by atoms with Crippen molar-refractivity contribution in [2.45, 2.75) is 25.8 Å². The predicted molar refractivity (Wildman–Crippen MR) is 95.8 cm³/mol. The quantitative estimate of drug-likeness (QED) is 0.516. The molecule has 0 fully saturated rings. The molecule has 2 aromatic carbocycles. The van der Waals surface area contributed by atoms with Gasteiger partial charge in [-0.2, -0.15) is 0 Å². The van der Waals surface area contributed by atoms with Crippen LogP contribution in [0.3, 0.4) is 0 Å². The van der Waals surface area contributed by atoms with E-state index in [9.17, 15) is 9.59 Å². The Morgan fingerprint density at radius 2 is 1.92 bits per heavy atom. The Bertz CT molecular complexity index is 808. The summed E-state index contributed by atoms with van der Waals surface area (Å²) in [7, 11) is 0. The van der Waals surface area contributed by atoms with E-state index >= 15 is 0 Å². The number of benzene rings is 2. The number of fused-ring (bicyclic) bond motifs is 1. The van der Waals surface area contributed by atoms with Crippen LogP contribution in [0.5, 0.6) is 0 Å². The van der Waals surface area contributed by atoms with Crippen LogP contribution in [-0.4, -0.2) is 17.7 Å². The second kappa shape index (κ2) is 6.32. The molecule has 0 atom stereocenters. The highest BCUT2D eigenvalue weighted by molar-refractivity contribution is 6.08. The fraction of sp³-hybridized carbons (Fsp3) is 0.200. The zero-order valence-corrected chi connectivity index (χ0v) is 13.8. The van der Waals surface area contributed by atoms with Gasteiger partial charge in [-0.3, -0.25) is 9.59 Å². The molecule has 2 N–H and O–H groups in total. The van der Waals surface area contributed by atoms with E-state index in [2.05, 4.69) is 24.5 Å². The molecular weight excluding hydrogens is 300 g/mol. The number of hydrogen-bond acceptors (Lipinski definition) is 3. The first-order chi connectivity index (χ1) is 11.5. The highest BCUT2D eigenvalue weighted by Gasteiger charge is 2.28. The maximum Gasteiger partial charge on any atom is 0.211 e. The van der Waals surface area contributed by atoms with Gasteiger partial charge in [0.1, 0.15) is 0 Å². The summed E-state index contributed by atoms with van der Waals surface area (Å²) >= 11 is 0. The predicted octanol–water partition coefficient (Wildman–Crippen LogP) is 3.40. The SMILES string of the molecule is CC1(C)Cc2cc(NC=O)ccc2C(=CC(=O)c2ccccc2)N1. The van der Waals surface area contributed by atoms with Crippen molar-refractivity contribution in [2.75, 3.05) is 5.32 Å². The smallest absolute Gasteiger partial charge is 0.211 e. The molecule has 1 heterocycles. The van der Waals surface area contributed by atoms with Crippen LogP contribution in [0.15, 0.2) is 54.6 Å². The van der Waals surface area contributed by atoms with Crippen molar-refractivity contribution in [3.05, 3.63) is 71.3 Å². The molecule has 0 bridgehead atoms. The van der Waals surface area contributed by atoms with Gasteiger partial charge in [0.2, 0.25) is 6.41 Å². The van der Waals surface area contributed by atoms with Crippen molar-refractivity contribution >= 4 is 23.6 Å². The van der Waals surface area contributed by atoms with Crippen LogP contribution in [-0.2, 0) is 11.2 Å². The normalized spacial score (nSPS) is 16.8. The molecule has 3 rings (SSSR count). The van der Waals surface area contributed by atoms with Gasteiger partial charge < -0.3 is 10.6 Å². The van der Waals surface area contributed by atoms with Crippen LogP contribution < -0.4 is 10.6 Å². The fourth-order valence-corrected chi connectivity index (χ4v) is 3.04. The van der Waals surface area contributed by atoms with E-state index in [-0.39, 0.29) is 11.3 Å². The van der Waals surface area contributed by atoms with Gasteiger partial charge in [-0.25, -0.2) is 0 Å². The molecule has 0 unspecified atom stereocenters. The van der Waals surface area contributed by atoms with E-state index in [1.54, 1.807) is 6.08 Å². The van der Waals surface area contributed by atoms with Crippen LogP contribution in [0.1, 0.15) is 35.3 Å². The Labute approximate surface area is 141 Å². The van der Waals surface area contributed by atoms with Crippen molar-refractivity contribution in [1.82, 2.24) is 5.32 Å². The van der Waals surface area contributed by atoms with Crippen LogP contribution in [0.4, 0.5) is 5.69 Å². The third-order valence-electron chi connectivity index (χ3n) is 4.06. The molecule has 1 aliphatic heterocycles. The number of amides is 1. The molecular formula is C20H20N2O2. The monoisotopic (exact) mass is 320 g/mol. The Kier molecular flexibility index (Phi) is 4.21. The van der Waals surface area contributed by atoms with E-state index in [0.29, 0.717) is 12.0 Å². The first-order valence-corrected chi connectivity index (χ1v) is 7.91. The Morgan fingerprint density at radius 1 is 1.17 bits per heavy atom. The summed E-state index contributed by atoms with van der Waals surface area (Å²) in [5, 5.41) is 6.13. The van der Waals surface area contributed by atoms with E-state index in [1.165, 1.54) is 0 Å². The molecule has 0 saturated carbocycles. The lowest BCUT2D eigenvalue weighted by molar-refractivity contribution is -0.105. The summed E-state index contributed by atoms with van der Waals surface area (Å²) in [5.74, 6) is -0.0307. The van der Waals surface area contributed by atoms with E-state index in [0.717, 1.165) is 28.9 Å². The van der Waals surface area contributed by atoms with Crippen molar-refractivity contribution in [3.63, 3.8) is 0 Å². The summed E-state index contributed by atoms with van der Waals surface area (Å²) in [5.41, 5.74) is 4.17. The molecule has 1 amide bonds. The standard InChI is InChI=1S/C20H20N2O2/c1-20(2)12-15-10-16(21-13-23)8-9-17(15)18(22-20)11-19(24)14-6-4-3-5-7-14/h3-11,13,22H,12H2,1-2H3,(H,21,23). The molecule has 0 saturated heterocycles. The van der Waals surface area contributed by atoms with Crippen LogP contribution in [0.2, 0.25) is 0 Å². The van der Waals surface area contributed by atoms with Gasteiger partial charge in [0.05, 0.1) is 0 Å². The van der Waals surface area contributed by atoms with Crippen molar-refractivity contribution < 1.29 is 9.59 Å². The number of rotatable bonds is 4. The average Bonchev–Trinajstić information content (AvgIpc) is 2.54. The summed E-state index contributed by atoms with van der Waals surface area (Å²) < 4.78 is 0. The molecule has 4 heteroatoms. The minimum absolute atomic E-state index is 0.0307. The molecule has 0 spiro atoms. The maximum atomic E-state index is 12.5. The maximum absolute atomic E-state index is 12.5. The summed E-state index contributed by atoms with van der Waals surface area (Å²) in [4.78, 5) is 23.2. The minimum atomic E-state index is -0.171. The minimum Gasteiger partial charge on any atom is -0.379 e. The van der Waals surface area contributed by atoms with E-state index < -0.39 is 0 Å². The van der Waals surface area contributed by atoms with E-state index in [1.807, 2.05) is 48.5 Å². The lowest BCUT2D eigenvalue weighted by atomic mass is 9.85. The Hall–Kier alpha value is -2.88. The topological polar surface area (TPSA) is 58.2 Å². The van der Waals surface area contributed by atoms with Gasteiger partial charge in [-0.1, -0.05) is 36.4 Å². The Balaban J connectivity index is 2.01. The lowest BCUT2D eigenvalue weighted by Crippen LogP contribution is -2.43. The van der Waals surface area contributed by atoms with Crippen LogP contribution in [0, 0.1) is 0 Å². The molecule has 2 aromatic rings. The highest BCUT2D eigenvalue weighted by atomic mass is 16.1. The van der Waals surface area contributed by atoms with Gasteiger partial charge in [-0.15, -0.1) is 0 Å². The second-order valence-corrected chi connectivity index (χ2v) is 6.61. The molecule has 1 aliphatic rings. The van der Waals surface area contributed by atoms with Gasteiger partial charge in [-0.05, 0) is 38.0 Å².